The smallest absolute Gasteiger partial charge is 0.394 e. The molecule has 1 atom stereocenters. The fourth-order valence-corrected chi connectivity index (χ4v) is 2.14. The van der Waals surface area contributed by atoms with Crippen LogP contribution in [0, 0.1) is 5.82 Å². The summed E-state index contributed by atoms with van der Waals surface area (Å²) in [6, 6.07) is 6.78. The van der Waals surface area contributed by atoms with E-state index in [1.54, 1.807) is 0 Å². The van der Waals surface area contributed by atoms with Crippen molar-refractivity contribution in [3.05, 3.63) is 65.2 Å². The molecule has 2 N–H and O–H groups in total. The van der Waals surface area contributed by atoms with Gasteiger partial charge in [0.2, 0.25) is 0 Å². The standard InChI is InChI=1S/C16H14F4N2O2/c17-11-5-3-10(4-6-11)8-12(9-23)22-15(24)13-2-1-7-21-14(13)16(18,19)20/h1-7,12,23H,8-9H2,(H,22,24). The molecule has 128 valence electrons. The average molecular weight is 342 g/mol. The first kappa shape index (κ1) is 17.9. The van der Waals surface area contributed by atoms with Gasteiger partial charge in [-0.25, -0.2) is 4.39 Å². The number of carbonyl (C=O) groups excluding carboxylic acids is 1. The van der Waals surface area contributed by atoms with Gasteiger partial charge in [-0.15, -0.1) is 0 Å². The Kier molecular flexibility index (Phi) is 5.50. The molecule has 0 spiro atoms. The molecule has 1 amide bonds. The number of nitrogens with zero attached hydrogens (tertiary/aromatic N) is 1. The lowest BCUT2D eigenvalue weighted by Crippen LogP contribution is -2.40. The quantitative estimate of drug-likeness (QED) is 0.821. The van der Waals surface area contributed by atoms with Crippen LogP contribution < -0.4 is 5.32 Å². The molecular weight excluding hydrogens is 328 g/mol. The zero-order valence-corrected chi connectivity index (χ0v) is 12.3. The topological polar surface area (TPSA) is 62.2 Å². The Morgan fingerprint density at radius 3 is 2.46 bits per heavy atom. The monoisotopic (exact) mass is 342 g/mol. The molecule has 0 aliphatic rings. The van der Waals surface area contributed by atoms with Crippen LogP contribution in [0.3, 0.4) is 0 Å². The van der Waals surface area contributed by atoms with E-state index in [0.717, 1.165) is 12.3 Å². The van der Waals surface area contributed by atoms with Gasteiger partial charge in [0.15, 0.2) is 5.69 Å². The molecule has 1 heterocycles. The molecule has 1 aromatic carbocycles. The highest BCUT2D eigenvalue weighted by Gasteiger charge is 2.37. The number of nitrogens with one attached hydrogen (secondary N) is 1. The van der Waals surface area contributed by atoms with Gasteiger partial charge in [-0.2, -0.15) is 13.2 Å². The molecule has 0 bridgehead atoms. The van der Waals surface area contributed by atoms with E-state index in [-0.39, 0.29) is 6.42 Å². The van der Waals surface area contributed by atoms with Crippen LogP contribution in [0.25, 0.3) is 0 Å². The van der Waals surface area contributed by atoms with Crippen LogP contribution >= 0.6 is 0 Å². The molecule has 2 rings (SSSR count). The normalized spacial score (nSPS) is 12.7. The highest BCUT2D eigenvalue weighted by Crippen LogP contribution is 2.30. The summed E-state index contributed by atoms with van der Waals surface area (Å²) in [5, 5.41) is 11.7. The molecule has 0 aliphatic heterocycles. The summed E-state index contributed by atoms with van der Waals surface area (Å²) < 4.78 is 51.5. The number of aromatic nitrogens is 1. The van der Waals surface area contributed by atoms with Crippen molar-refractivity contribution in [2.75, 3.05) is 6.61 Å². The Balaban J connectivity index is 2.14. The summed E-state index contributed by atoms with van der Waals surface area (Å²) in [4.78, 5) is 15.3. The highest BCUT2D eigenvalue weighted by molar-refractivity contribution is 5.95. The Labute approximate surface area is 135 Å². The van der Waals surface area contributed by atoms with Crippen LogP contribution in [0.4, 0.5) is 17.6 Å². The minimum Gasteiger partial charge on any atom is -0.394 e. The summed E-state index contributed by atoms with van der Waals surface area (Å²) in [7, 11) is 0. The van der Waals surface area contributed by atoms with E-state index in [2.05, 4.69) is 10.3 Å². The van der Waals surface area contributed by atoms with Crippen molar-refractivity contribution in [1.82, 2.24) is 10.3 Å². The molecule has 0 aliphatic carbocycles. The van der Waals surface area contributed by atoms with Crippen LogP contribution in [0.15, 0.2) is 42.6 Å². The zero-order valence-electron chi connectivity index (χ0n) is 12.3. The number of hydrogen-bond donors (Lipinski definition) is 2. The molecule has 0 fully saturated rings. The highest BCUT2D eigenvalue weighted by atomic mass is 19.4. The van der Waals surface area contributed by atoms with Gasteiger partial charge in [-0.1, -0.05) is 12.1 Å². The minimum atomic E-state index is -4.76. The van der Waals surface area contributed by atoms with Crippen LogP contribution in [0.5, 0.6) is 0 Å². The number of rotatable bonds is 5. The summed E-state index contributed by atoms with van der Waals surface area (Å²) in [5.74, 6) is -1.43. The average Bonchev–Trinajstić information content (AvgIpc) is 2.55. The number of pyridine rings is 1. The van der Waals surface area contributed by atoms with Gasteiger partial charge in [-0.05, 0) is 36.2 Å². The summed E-state index contributed by atoms with van der Waals surface area (Å²) in [6.07, 6.45) is -3.68. The van der Waals surface area contributed by atoms with Gasteiger partial charge in [0.05, 0.1) is 18.2 Å². The number of halogens is 4. The lowest BCUT2D eigenvalue weighted by atomic mass is 10.1. The fourth-order valence-electron chi connectivity index (χ4n) is 2.14. The van der Waals surface area contributed by atoms with Crippen molar-refractivity contribution in [2.45, 2.75) is 18.6 Å². The molecule has 1 aromatic heterocycles. The van der Waals surface area contributed by atoms with Crippen molar-refractivity contribution in [2.24, 2.45) is 0 Å². The van der Waals surface area contributed by atoms with E-state index in [0.29, 0.717) is 5.56 Å². The minimum absolute atomic E-state index is 0.143. The molecule has 0 saturated heterocycles. The molecule has 2 aromatic rings. The van der Waals surface area contributed by atoms with Gasteiger partial charge < -0.3 is 10.4 Å². The van der Waals surface area contributed by atoms with Crippen molar-refractivity contribution in [1.29, 1.82) is 0 Å². The second-order valence-corrected chi connectivity index (χ2v) is 5.08. The van der Waals surface area contributed by atoms with E-state index in [4.69, 9.17) is 0 Å². The maximum atomic E-state index is 12.9. The maximum absolute atomic E-state index is 12.9. The van der Waals surface area contributed by atoms with Crippen LogP contribution in [-0.2, 0) is 12.6 Å². The largest absolute Gasteiger partial charge is 0.434 e. The number of alkyl halides is 3. The Morgan fingerprint density at radius 1 is 1.21 bits per heavy atom. The van der Waals surface area contributed by atoms with Crippen molar-refractivity contribution >= 4 is 5.91 Å². The first-order chi connectivity index (χ1) is 11.3. The SMILES string of the molecule is O=C(NC(CO)Cc1ccc(F)cc1)c1cccnc1C(F)(F)F. The number of benzene rings is 1. The predicted molar refractivity (Wildman–Crippen MR) is 77.7 cm³/mol. The number of hydrogen-bond acceptors (Lipinski definition) is 3. The van der Waals surface area contributed by atoms with Crippen molar-refractivity contribution in [3.8, 4) is 0 Å². The number of carbonyl (C=O) groups is 1. The van der Waals surface area contributed by atoms with Gasteiger partial charge in [0, 0.05) is 6.20 Å². The van der Waals surface area contributed by atoms with Crippen molar-refractivity contribution < 1.29 is 27.5 Å². The summed E-state index contributed by atoms with van der Waals surface area (Å²) >= 11 is 0. The van der Waals surface area contributed by atoms with E-state index in [1.165, 1.54) is 30.3 Å². The molecule has 0 radical (unpaired) electrons. The van der Waals surface area contributed by atoms with E-state index < -0.39 is 41.8 Å². The maximum Gasteiger partial charge on any atom is 0.434 e. The third-order valence-electron chi connectivity index (χ3n) is 3.27. The predicted octanol–water partition coefficient (Wildman–Crippen LogP) is 2.57. The molecule has 1 unspecified atom stereocenters. The van der Waals surface area contributed by atoms with E-state index in [9.17, 15) is 27.5 Å². The molecular formula is C16H14F4N2O2. The zero-order chi connectivity index (χ0) is 17.7. The lowest BCUT2D eigenvalue weighted by molar-refractivity contribution is -0.141. The van der Waals surface area contributed by atoms with Crippen molar-refractivity contribution in [3.63, 3.8) is 0 Å². The molecule has 0 saturated carbocycles. The fraction of sp³-hybridized carbons (Fsp3) is 0.250. The van der Waals surface area contributed by atoms with Gasteiger partial charge >= 0.3 is 6.18 Å². The summed E-state index contributed by atoms with van der Waals surface area (Å²) in [6.45, 7) is -0.481. The number of aliphatic hydroxyl groups is 1. The van der Waals surface area contributed by atoms with E-state index in [1.807, 2.05) is 0 Å². The Hall–Kier alpha value is -2.48. The van der Waals surface area contributed by atoms with Crippen LogP contribution in [-0.4, -0.2) is 28.6 Å². The van der Waals surface area contributed by atoms with Gasteiger partial charge in [-0.3, -0.25) is 9.78 Å². The molecule has 4 nitrogen and oxygen atoms in total. The molecule has 24 heavy (non-hydrogen) atoms. The Bertz CT molecular complexity index is 702. The number of amides is 1. The second-order valence-electron chi connectivity index (χ2n) is 5.08. The van der Waals surface area contributed by atoms with E-state index >= 15 is 0 Å². The first-order valence-electron chi connectivity index (χ1n) is 6.99. The lowest BCUT2D eigenvalue weighted by Gasteiger charge is -2.18. The first-order valence-corrected chi connectivity index (χ1v) is 6.99. The second kappa shape index (κ2) is 7.39. The third kappa shape index (κ3) is 4.51. The summed E-state index contributed by atoms with van der Waals surface area (Å²) in [5.41, 5.74) is -1.29. The Morgan fingerprint density at radius 2 is 1.88 bits per heavy atom. The van der Waals surface area contributed by atoms with Gasteiger partial charge in [0.25, 0.3) is 5.91 Å². The van der Waals surface area contributed by atoms with Crippen LogP contribution in [0.2, 0.25) is 0 Å². The number of aliphatic hydroxyl groups excluding tert-OH is 1. The molecule has 8 heteroatoms. The van der Waals surface area contributed by atoms with Gasteiger partial charge in [0.1, 0.15) is 5.82 Å². The van der Waals surface area contributed by atoms with Crippen LogP contribution in [0.1, 0.15) is 21.6 Å². The third-order valence-corrected chi connectivity index (χ3v) is 3.27.